The van der Waals surface area contributed by atoms with Gasteiger partial charge in [-0.1, -0.05) is 38.3 Å². The molecule has 0 aromatic carbocycles. The first-order valence-electron chi connectivity index (χ1n) is 18.9. The average molecular weight is 694 g/mol. The monoisotopic (exact) mass is 694 g/mol. The van der Waals surface area contributed by atoms with Crippen molar-refractivity contribution in [2.75, 3.05) is 72.5 Å². The number of nitrogens with two attached hydrogens (primary N) is 2. The fourth-order valence-corrected chi connectivity index (χ4v) is 8.55. The molecule has 0 saturated carbocycles. The van der Waals surface area contributed by atoms with E-state index in [2.05, 4.69) is 44.3 Å². The molecule has 6 atom stereocenters. The molecule has 6 unspecified atom stereocenters. The number of nitrogens with zero attached hydrogens (tertiary/aromatic N) is 5. The molecule has 4 rings (SSSR count). The molecule has 13 heteroatoms. The summed E-state index contributed by atoms with van der Waals surface area (Å²) in [5, 5.41) is 6.34. The van der Waals surface area contributed by atoms with Crippen LogP contribution < -0.4 is 22.1 Å². The van der Waals surface area contributed by atoms with Crippen LogP contribution in [0.25, 0.3) is 0 Å². The van der Waals surface area contributed by atoms with Gasteiger partial charge in [-0.2, -0.15) is 0 Å². The zero-order chi connectivity index (χ0) is 35.7. The van der Waals surface area contributed by atoms with Crippen molar-refractivity contribution in [3.05, 3.63) is 11.6 Å². The molecule has 4 aliphatic rings. The molecule has 4 heterocycles. The van der Waals surface area contributed by atoms with Crippen molar-refractivity contribution in [3.8, 4) is 0 Å². The molecule has 4 aliphatic heterocycles. The topological polar surface area (TPSA) is 136 Å². The van der Waals surface area contributed by atoms with Crippen LogP contribution in [0.5, 0.6) is 0 Å². The molecule has 0 bridgehead atoms. The number of alkyl halides is 2. The minimum absolute atomic E-state index is 0.0763. The van der Waals surface area contributed by atoms with E-state index in [1.807, 2.05) is 24.8 Å². The average Bonchev–Trinajstić information content (AvgIpc) is 3.08. The number of rotatable bonds is 15. The van der Waals surface area contributed by atoms with Gasteiger partial charge < -0.3 is 31.9 Å². The van der Waals surface area contributed by atoms with E-state index in [1.54, 1.807) is 6.92 Å². The SMILES string of the molecule is C/C=C(\CC)CC(F)/C=N\C(C)C(C(=O)NC1CNCC(F)C1(CCCC)N1CCC(C(=O)N2CCN(C3CN(C)C3)CC2)CC1)C(N)N. The molecular formula is C36H65F2N9O2. The zero-order valence-corrected chi connectivity index (χ0v) is 30.8. The van der Waals surface area contributed by atoms with Crippen molar-refractivity contribution in [1.29, 1.82) is 0 Å². The molecule has 280 valence electrons. The molecule has 6 N–H and O–H groups in total. The number of hydrogen-bond donors (Lipinski definition) is 4. The highest BCUT2D eigenvalue weighted by molar-refractivity contribution is 5.81. The van der Waals surface area contributed by atoms with Gasteiger partial charge in [0.15, 0.2) is 0 Å². The van der Waals surface area contributed by atoms with E-state index in [1.165, 1.54) is 6.21 Å². The van der Waals surface area contributed by atoms with Gasteiger partial charge in [-0.3, -0.25) is 24.4 Å². The number of piperidine rings is 2. The normalized spacial score (nSPS) is 29.3. The fourth-order valence-electron chi connectivity index (χ4n) is 8.55. The van der Waals surface area contributed by atoms with Gasteiger partial charge in [-0.25, -0.2) is 8.78 Å². The third kappa shape index (κ3) is 9.65. The van der Waals surface area contributed by atoms with Crippen LogP contribution in [0.2, 0.25) is 0 Å². The van der Waals surface area contributed by atoms with Crippen LogP contribution in [0.15, 0.2) is 16.6 Å². The van der Waals surface area contributed by atoms with Crippen LogP contribution in [0.1, 0.15) is 72.6 Å². The molecular weight excluding hydrogens is 628 g/mol. The van der Waals surface area contributed by atoms with E-state index in [0.717, 1.165) is 64.1 Å². The summed E-state index contributed by atoms with van der Waals surface area (Å²) in [5.41, 5.74) is 12.3. The molecule has 0 aromatic rings. The molecule has 4 saturated heterocycles. The first kappa shape index (κ1) is 39.8. The predicted molar refractivity (Wildman–Crippen MR) is 193 cm³/mol. The smallest absolute Gasteiger partial charge is 0.228 e. The number of likely N-dealkylation sites (N-methyl/N-ethyl adjacent to an activating group) is 1. The van der Waals surface area contributed by atoms with Crippen molar-refractivity contribution in [1.82, 2.24) is 30.2 Å². The lowest BCUT2D eigenvalue weighted by atomic mass is 9.74. The predicted octanol–water partition coefficient (Wildman–Crippen LogP) is 1.92. The second-order valence-corrected chi connectivity index (χ2v) is 14.9. The van der Waals surface area contributed by atoms with E-state index < -0.39 is 48.0 Å². The van der Waals surface area contributed by atoms with E-state index in [4.69, 9.17) is 11.5 Å². The highest BCUT2D eigenvalue weighted by Crippen LogP contribution is 2.38. The number of carbonyl (C=O) groups is 2. The highest BCUT2D eigenvalue weighted by atomic mass is 19.1. The van der Waals surface area contributed by atoms with Gasteiger partial charge >= 0.3 is 0 Å². The zero-order valence-electron chi connectivity index (χ0n) is 30.8. The van der Waals surface area contributed by atoms with Crippen molar-refractivity contribution in [2.24, 2.45) is 28.3 Å². The number of amides is 2. The van der Waals surface area contributed by atoms with Crippen LogP contribution in [0.4, 0.5) is 8.78 Å². The van der Waals surface area contributed by atoms with E-state index in [9.17, 15) is 14.0 Å². The van der Waals surface area contributed by atoms with Gasteiger partial charge in [0.1, 0.15) is 12.3 Å². The van der Waals surface area contributed by atoms with E-state index in [-0.39, 0.29) is 24.8 Å². The third-order valence-electron chi connectivity index (χ3n) is 11.7. The number of unbranched alkanes of at least 4 members (excludes halogenated alkanes) is 1. The standard InChI is InChI=1S/C36H65F2N9O2/c1-6-9-12-36(47-13-10-27(11-14-47)35(49)46-17-15-45(16-18-46)29-23-44(5)24-29)30(38)21-41-22-31(36)43-34(48)32(33(39)40)25(4)42-20-28(37)19-26(7-2)8-3/h7,20,25,27-33,41H,6,8-19,21-24,39-40H2,1-5H3,(H,43,48)/b26-7+,42-20-. The van der Waals surface area contributed by atoms with Gasteiger partial charge in [-0.05, 0) is 59.7 Å². The Bertz CT molecular complexity index is 1120. The van der Waals surface area contributed by atoms with Crippen molar-refractivity contribution < 1.29 is 18.4 Å². The summed E-state index contributed by atoms with van der Waals surface area (Å²) in [6.07, 6.45) is 4.23. The Kier molecular flexibility index (Phi) is 15.0. The van der Waals surface area contributed by atoms with Crippen molar-refractivity contribution >= 4 is 18.0 Å². The highest BCUT2D eigenvalue weighted by Gasteiger charge is 2.54. The summed E-state index contributed by atoms with van der Waals surface area (Å²) in [6.45, 7) is 15.0. The molecule has 0 aromatic heterocycles. The number of halogens is 2. The lowest BCUT2D eigenvalue weighted by molar-refractivity contribution is -0.141. The third-order valence-corrected chi connectivity index (χ3v) is 11.7. The summed E-state index contributed by atoms with van der Waals surface area (Å²) in [6, 6.07) is -0.613. The molecule has 0 aliphatic carbocycles. The Morgan fingerprint density at radius 1 is 1.08 bits per heavy atom. The van der Waals surface area contributed by atoms with Crippen molar-refractivity contribution in [2.45, 2.75) is 115 Å². The number of carbonyl (C=O) groups excluding carboxylic acids is 2. The lowest BCUT2D eigenvalue weighted by Crippen LogP contribution is -2.75. The van der Waals surface area contributed by atoms with Crippen LogP contribution in [0, 0.1) is 11.8 Å². The first-order chi connectivity index (χ1) is 23.4. The molecule has 2 amide bonds. The Morgan fingerprint density at radius 2 is 1.76 bits per heavy atom. The second kappa shape index (κ2) is 18.5. The maximum Gasteiger partial charge on any atom is 0.228 e. The fraction of sp³-hybridized carbons (Fsp3) is 0.861. The van der Waals surface area contributed by atoms with Crippen LogP contribution in [-0.4, -0.2) is 152 Å². The van der Waals surface area contributed by atoms with Gasteiger partial charge in [-0.15, -0.1) is 0 Å². The summed E-state index contributed by atoms with van der Waals surface area (Å²) in [5.74, 6) is -1.18. The Labute approximate surface area is 293 Å². The van der Waals surface area contributed by atoms with Crippen LogP contribution >= 0.6 is 0 Å². The van der Waals surface area contributed by atoms with Gasteiger partial charge in [0, 0.05) is 77.0 Å². The lowest BCUT2D eigenvalue weighted by Gasteiger charge is -2.55. The minimum atomic E-state index is -1.28. The van der Waals surface area contributed by atoms with Crippen LogP contribution in [-0.2, 0) is 9.59 Å². The molecule has 0 radical (unpaired) electrons. The Hall–Kier alpha value is -2.03. The molecule has 0 spiro atoms. The number of allylic oxidation sites excluding steroid dienone is 2. The number of aliphatic imine (C=N–C) groups is 1. The Balaban J connectivity index is 1.42. The largest absolute Gasteiger partial charge is 0.350 e. The summed E-state index contributed by atoms with van der Waals surface area (Å²) >= 11 is 0. The van der Waals surface area contributed by atoms with E-state index in [0.29, 0.717) is 44.9 Å². The number of hydrogen-bond acceptors (Lipinski definition) is 9. The maximum atomic E-state index is 16.5. The van der Waals surface area contributed by atoms with Gasteiger partial charge in [0.2, 0.25) is 11.8 Å². The van der Waals surface area contributed by atoms with Gasteiger partial charge in [0.05, 0.1) is 29.7 Å². The number of piperazine rings is 1. The van der Waals surface area contributed by atoms with Crippen molar-refractivity contribution in [3.63, 3.8) is 0 Å². The minimum Gasteiger partial charge on any atom is -0.350 e. The van der Waals surface area contributed by atoms with Crippen LogP contribution in [0.3, 0.4) is 0 Å². The quantitative estimate of drug-likeness (QED) is 0.116. The molecule has 4 fully saturated rings. The number of nitrogens with one attached hydrogen (secondary N) is 2. The number of likely N-dealkylation sites (tertiary alicyclic amines) is 2. The van der Waals surface area contributed by atoms with E-state index >= 15 is 4.39 Å². The Morgan fingerprint density at radius 3 is 2.33 bits per heavy atom. The molecule has 49 heavy (non-hydrogen) atoms. The summed E-state index contributed by atoms with van der Waals surface area (Å²) in [4.78, 5) is 41.0. The first-order valence-corrected chi connectivity index (χ1v) is 18.9. The second-order valence-electron chi connectivity index (χ2n) is 14.9. The maximum absolute atomic E-state index is 16.5. The summed E-state index contributed by atoms with van der Waals surface area (Å²) < 4.78 is 31.2. The van der Waals surface area contributed by atoms with Gasteiger partial charge in [0.25, 0.3) is 0 Å². The summed E-state index contributed by atoms with van der Waals surface area (Å²) in [7, 11) is 2.14. The molecule has 11 nitrogen and oxygen atoms in total.